The molecule has 8 heteroatoms. The van der Waals surface area contributed by atoms with Gasteiger partial charge < -0.3 is 15.1 Å². The van der Waals surface area contributed by atoms with Crippen LogP contribution in [-0.4, -0.2) is 104 Å². The number of aliphatic imine (C=N–C) groups is 1. The predicted octanol–water partition coefficient (Wildman–Crippen LogP) is 0.397. The molecule has 5 heterocycles. The number of pyridine rings is 1. The zero-order valence-corrected chi connectivity index (χ0v) is 17.9. The number of guanidine groups is 1. The molecule has 0 aliphatic carbocycles. The van der Waals surface area contributed by atoms with Gasteiger partial charge in [-0.3, -0.25) is 14.8 Å². The highest BCUT2D eigenvalue weighted by molar-refractivity contribution is 14.0. The Kier molecular flexibility index (Phi) is 6.93. The van der Waals surface area contributed by atoms with Crippen molar-refractivity contribution in [2.24, 2.45) is 4.99 Å². The second-order valence-electron chi connectivity index (χ2n) is 7.08. The number of aromatic nitrogens is 1. The fraction of sp³-hybridized carbons (Fsp3) is 0.667. The Morgan fingerprint density at radius 2 is 1.88 bits per heavy atom. The Morgan fingerprint density at radius 1 is 1.12 bits per heavy atom. The van der Waals surface area contributed by atoms with Crippen LogP contribution in [0.25, 0.3) is 0 Å². The maximum Gasteiger partial charge on any atom is 0.193 e. The highest BCUT2D eigenvalue weighted by Gasteiger charge is 2.32. The SMILES string of the molecule is CN=C(NCC1CN2CCN1CC2)N1CCN(c2ccccn2)CC1.I. The smallest absolute Gasteiger partial charge is 0.193 e. The molecule has 0 amide bonds. The minimum absolute atomic E-state index is 0. The summed E-state index contributed by atoms with van der Waals surface area (Å²) in [5, 5.41) is 3.62. The molecule has 4 saturated heterocycles. The lowest BCUT2D eigenvalue weighted by Gasteiger charge is -2.47. The third kappa shape index (κ3) is 4.40. The Hall–Kier alpha value is -1.13. The first-order chi connectivity index (χ1) is 12.3. The van der Waals surface area contributed by atoms with Crippen molar-refractivity contribution < 1.29 is 0 Å². The van der Waals surface area contributed by atoms with Gasteiger partial charge in [0, 0.05) is 84.7 Å². The molecule has 1 atom stereocenters. The van der Waals surface area contributed by atoms with Gasteiger partial charge in [0.15, 0.2) is 5.96 Å². The van der Waals surface area contributed by atoms with Gasteiger partial charge in [-0.2, -0.15) is 0 Å². The summed E-state index contributed by atoms with van der Waals surface area (Å²) in [4.78, 5) is 18.9. The van der Waals surface area contributed by atoms with E-state index in [4.69, 9.17) is 0 Å². The molecule has 5 rings (SSSR count). The van der Waals surface area contributed by atoms with Crippen LogP contribution in [0.4, 0.5) is 5.82 Å². The van der Waals surface area contributed by atoms with Gasteiger partial charge in [0.25, 0.3) is 0 Å². The monoisotopic (exact) mass is 471 g/mol. The second-order valence-corrected chi connectivity index (χ2v) is 7.08. The van der Waals surface area contributed by atoms with Crippen molar-refractivity contribution in [3.63, 3.8) is 0 Å². The van der Waals surface area contributed by atoms with E-state index in [9.17, 15) is 0 Å². The largest absolute Gasteiger partial charge is 0.355 e. The van der Waals surface area contributed by atoms with E-state index in [1.807, 2.05) is 19.3 Å². The topological polar surface area (TPSA) is 50.2 Å². The fourth-order valence-electron chi connectivity index (χ4n) is 4.15. The molecule has 1 aromatic heterocycles. The minimum atomic E-state index is 0. The number of nitrogens with one attached hydrogen (secondary N) is 1. The minimum Gasteiger partial charge on any atom is -0.355 e. The average Bonchev–Trinajstić information content (AvgIpc) is 2.70. The van der Waals surface area contributed by atoms with Crippen LogP contribution in [-0.2, 0) is 0 Å². The molecule has 4 aliphatic heterocycles. The third-order valence-corrected chi connectivity index (χ3v) is 5.65. The van der Waals surface area contributed by atoms with E-state index in [1.165, 1.54) is 32.7 Å². The number of anilines is 1. The van der Waals surface area contributed by atoms with E-state index in [2.05, 4.69) is 47.0 Å². The number of fused-ring (bicyclic) bond motifs is 3. The molecule has 1 aromatic rings. The molecule has 1 unspecified atom stereocenters. The average molecular weight is 471 g/mol. The van der Waals surface area contributed by atoms with Crippen LogP contribution in [0.3, 0.4) is 0 Å². The number of piperazine rings is 4. The first-order valence-corrected chi connectivity index (χ1v) is 9.41. The van der Waals surface area contributed by atoms with Crippen molar-refractivity contribution in [3.8, 4) is 0 Å². The summed E-state index contributed by atoms with van der Waals surface area (Å²) in [6.07, 6.45) is 1.87. The van der Waals surface area contributed by atoms with Gasteiger partial charge in [0.1, 0.15) is 5.82 Å². The molecule has 0 radical (unpaired) electrons. The lowest BCUT2D eigenvalue weighted by molar-refractivity contribution is 0.0152. The molecular weight excluding hydrogens is 441 g/mol. The van der Waals surface area contributed by atoms with Crippen LogP contribution < -0.4 is 10.2 Å². The molecule has 144 valence electrons. The first kappa shape index (κ1) is 19.6. The zero-order chi connectivity index (χ0) is 17.1. The maximum absolute atomic E-state index is 4.52. The summed E-state index contributed by atoms with van der Waals surface area (Å²) in [7, 11) is 1.89. The van der Waals surface area contributed by atoms with E-state index < -0.39 is 0 Å². The number of halogens is 1. The van der Waals surface area contributed by atoms with Gasteiger partial charge >= 0.3 is 0 Å². The molecule has 1 N–H and O–H groups in total. The Morgan fingerprint density at radius 3 is 2.46 bits per heavy atom. The number of rotatable bonds is 3. The predicted molar refractivity (Wildman–Crippen MR) is 117 cm³/mol. The quantitative estimate of drug-likeness (QED) is 0.392. The van der Waals surface area contributed by atoms with E-state index >= 15 is 0 Å². The number of hydrogen-bond acceptors (Lipinski definition) is 5. The molecule has 0 aromatic carbocycles. The molecule has 4 fully saturated rings. The summed E-state index contributed by atoms with van der Waals surface area (Å²) < 4.78 is 0. The standard InChI is InChI=1S/C18H29N7.HI/c1-19-18(21-14-16-15-22-6-8-23(16)9-7-22)25-12-10-24(11-13-25)17-4-2-3-5-20-17;/h2-5,16H,6-15H2,1H3,(H,19,21);1H. The van der Waals surface area contributed by atoms with Gasteiger partial charge in [-0.05, 0) is 12.1 Å². The normalized spacial score (nSPS) is 28.7. The van der Waals surface area contributed by atoms with Crippen molar-refractivity contribution >= 4 is 35.8 Å². The summed E-state index contributed by atoms with van der Waals surface area (Å²) in [5.41, 5.74) is 0. The number of hydrogen-bond donors (Lipinski definition) is 1. The molecule has 0 saturated carbocycles. The Bertz CT molecular complexity index is 580. The zero-order valence-electron chi connectivity index (χ0n) is 15.5. The van der Waals surface area contributed by atoms with Gasteiger partial charge in [-0.15, -0.1) is 24.0 Å². The molecular formula is C18H30IN7. The van der Waals surface area contributed by atoms with Crippen LogP contribution in [0.15, 0.2) is 29.4 Å². The van der Waals surface area contributed by atoms with Gasteiger partial charge in [0.05, 0.1) is 0 Å². The van der Waals surface area contributed by atoms with Gasteiger partial charge in [-0.1, -0.05) is 6.07 Å². The van der Waals surface area contributed by atoms with Crippen LogP contribution in [0.5, 0.6) is 0 Å². The van der Waals surface area contributed by atoms with Gasteiger partial charge in [0.2, 0.25) is 0 Å². The van der Waals surface area contributed by atoms with E-state index in [-0.39, 0.29) is 24.0 Å². The van der Waals surface area contributed by atoms with E-state index in [0.29, 0.717) is 6.04 Å². The molecule has 0 spiro atoms. The van der Waals surface area contributed by atoms with Crippen LogP contribution >= 0.6 is 24.0 Å². The van der Waals surface area contributed by atoms with Crippen LogP contribution in [0.2, 0.25) is 0 Å². The van der Waals surface area contributed by atoms with Crippen molar-refractivity contribution in [2.45, 2.75) is 6.04 Å². The maximum atomic E-state index is 4.52. The van der Waals surface area contributed by atoms with Crippen LogP contribution in [0, 0.1) is 0 Å². The summed E-state index contributed by atoms with van der Waals surface area (Å²) >= 11 is 0. The van der Waals surface area contributed by atoms with Crippen LogP contribution in [0.1, 0.15) is 0 Å². The fourth-order valence-corrected chi connectivity index (χ4v) is 4.15. The van der Waals surface area contributed by atoms with E-state index in [0.717, 1.165) is 44.5 Å². The first-order valence-electron chi connectivity index (χ1n) is 9.41. The van der Waals surface area contributed by atoms with Crippen molar-refractivity contribution in [2.75, 3.05) is 77.4 Å². The summed E-state index contributed by atoms with van der Waals surface area (Å²) in [5.74, 6) is 2.11. The van der Waals surface area contributed by atoms with Crippen molar-refractivity contribution in [1.29, 1.82) is 0 Å². The summed E-state index contributed by atoms with van der Waals surface area (Å²) in [6.45, 7) is 11.0. The molecule has 4 aliphatic rings. The van der Waals surface area contributed by atoms with Crippen molar-refractivity contribution in [1.82, 2.24) is 25.0 Å². The van der Waals surface area contributed by atoms with E-state index in [1.54, 1.807) is 0 Å². The third-order valence-electron chi connectivity index (χ3n) is 5.65. The number of nitrogens with zero attached hydrogens (tertiary/aromatic N) is 6. The Labute approximate surface area is 173 Å². The van der Waals surface area contributed by atoms with Crippen molar-refractivity contribution in [3.05, 3.63) is 24.4 Å². The second kappa shape index (κ2) is 9.18. The van der Waals surface area contributed by atoms with Gasteiger partial charge in [-0.25, -0.2) is 4.98 Å². The molecule has 26 heavy (non-hydrogen) atoms. The summed E-state index contributed by atoms with van der Waals surface area (Å²) in [6, 6.07) is 6.73. The highest BCUT2D eigenvalue weighted by Crippen LogP contribution is 2.15. The Balaban J connectivity index is 0.00000196. The lowest BCUT2D eigenvalue weighted by Crippen LogP contribution is -2.64. The highest BCUT2D eigenvalue weighted by atomic mass is 127. The molecule has 2 bridgehead atoms. The molecule has 7 nitrogen and oxygen atoms in total. The lowest BCUT2D eigenvalue weighted by atomic mass is 10.1.